The highest BCUT2D eigenvalue weighted by atomic mass is 79.9. The van der Waals surface area contributed by atoms with Crippen molar-refractivity contribution in [1.29, 1.82) is 0 Å². The Morgan fingerprint density at radius 3 is 2.57 bits per heavy atom. The van der Waals surface area contributed by atoms with Crippen LogP contribution in [-0.2, 0) is 6.42 Å². The third-order valence-corrected chi connectivity index (χ3v) is 4.21. The van der Waals surface area contributed by atoms with E-state index in [1.165, 1.54) is 18.2 Å². The summed E-state index contributed by atoms with van der Waals surface area (Å²) in [5.74, 6) is -0.402. The van der Waals surface area contributed by atoms with Gasteiger partial charge in [-0.05, 0) is 54.4 Å². The first-order valence-electron chi connectivity index (χ1n) is 7.00. The van der Waals surface area contributed by atoms with Crippen molar-refractivity contribution in [3.63, 3.8) is 0 Å². The first-order chi connectivity index (χ1) is 10.1. The lowest BCUT2D eigenvalue weighted by molar-refractivity contribution is 0.578. The fourth-order valence-electron chi connectivity index (χ4n) is 2.35. The van der Waals surface area contributed by atoms with Gasteiger partial charge in [-0.1, -0.05) is 35.0 Å². The van der Waals surface area contributed by atoms with Gasteiger partial charge in [0.25, 0.3) is 0 Å². The minimum absolute atomic E-state index is 0.0961. The van der Waals surface area contributed by atoms with E-state index in [4.69, 9.17) is 0 Å². The van der Waals surface area contributed by atoms with Crippen molar-refractivity contribution >= 4 is 15.9 Å². The zero-order valence-electron chi connectivity index (χ0n) is 11.9. The van der Waals surface area contributed by atoms with Gasteiger partial charge in [0.1, 0.15) is 11.6 Å². The van der Waals surface area contributed by atoms with Gasteiger partial charge in [0.2, 0.25) is 0 Å². The summed E-state index contributed by atoms with van der Waals surface area (Å²) in [5.41, 5.74) is 1.81. The zero-order valence-corrected chi connectivity index (χ0v) is 13.5. The maximum Gasteiger partial charge on any atom is 0.123 e. The van der Waals surface area contributed by atoms with Gasteiger partial charge in [0.05, 0.1) is 0 Å². The van der Waals surface area contributed by atoms with E-state index in [0.29, 0.717) is 6.42 Å². The number of nitrogens with one attached hydrogen (secondary N) is 1. The SMILES string of the molecule is CCNCC(Cc1cc(F)ccc1Br)c1cccc(F)c1. The highest BCUT2D eigenvalue weighted by Crippen LogP contribution is 2.26. The zero-order chi connectivity index (χ0) is 15.2. The van der Waals surface area contributed by atoms with Crippen LogP contribution in [0.15, 0.2) is 46.9 Å². The predicted octanol–water partition coefficient (Wildman–Crippen LogP) is 4.66. The molecule has 0 aliphatic carbocycles. The Balaban J connectivity index is 2.25. The van der Waals surface area contributed by atoms with Crippen LogP contribution in [0.25, 0.3) is 0 Å². The molecule has 1 nitrogen and oxygen atoms in total. The van der Waals surface area contributed by atoms with Gasteiger partial charge in [0, 0.05) is 16.9 Å². The second-order valence-corrected chi connectivity index (χ2v) is 5.85. The Kier molecular flexibility index (Phi) is 5.88. The van der Waals surface area contributed by atoms with Crippen molar-refractivity contribution in [2.45, 2.75) is 19.3 Å². The Morgan fingerprint density at radius 2 is 1.86 bits per heavy atom. The molecule has 0 saturated carbocycles. The van der Waals surface area contributed by atoms with Crippen molar-refractivity contribution in [3.8, 4) is 0 Å². The fraction of sp³-hybridized carbons (Fsp3) is 0.294. The number of hydrogen-bond acceptors (Lipinski definition) is 1. The lowest BCUT2D eigenvalue weighted by Crippen LogP contribution is -2.23. The number of rotatable bonds is 6. The van der Waals surface area contributed by atoms with E-state index in [0.717, 1.165) is 28.7 Å². The van der Waals surface area contributed by atoms with Crippen LogP contribution < -0.4 is 5.32 Å². The number of benzene rings is 2. The molecule has 0 fully saturated rings. The highest BCUT2D eigenvalue weighted by molar-refractivity contribution is 9.10. The molecule has 1 N–H and O–H groups in total. The Bertz CT molecular complexity index is 601. The third kappa shape index (κ3) is 4.61. The fourth-order valence-corrected chi connectivity index (χ4v) is 2.76. The van der Waals surface area contributed by atoms with Crippen LogP contribution in [0.2, 0.25) is 0 Å². The summed E-state index contributed by atoms with van der Waals surface area (Å²) >= 11 is 3.45. The van der Waals surface area contributed by atoms with Crippen molar-refractivity contribution in [1.82, 2.24) is 5.32 Å². The van der Waals surface area contributed by atoms with Crippen molar-refractivity contribution in [3.05, 3.63) is 69.7 Å². The van der Waals surface area contributed by atoms with E-state index in [1.54, 1.807) is 18.2 Å². The molecule has 0 radical (unpaired) electrons. The molecule has 4 heteroatoms. The van der Waals surface area contributed by atoms with Crippen LogP contribution >= 0.6 is 15.9 Å². The standard InChI is InChI=1S/C17H18BrF2N/c1-2-21-11-14(12-4-3-5-15(19)9-12)8-13-10-16(20)6-7-17(13)18/h3-7,9-10,14,21H,2,8,11H2,1H3. The average Bonchev–Trinajstić information content (AvgIpc) is 2.47. The van der Waals surface area contributed by atoms with Crippen molar-refractivity contribution in [2.24, 2.45) is 0 Å². The van der Waals surface area contributed by atoms with Crippen molar-refractivity contribution < 1.29 is 8.78 Å². The molecule has 21 heavy (non-hydrogen) atoms. The Labute approximate surface area is 132 Å². The summed E-state index contributed by atoms with van der Waals surface area (Å²) in [4.78, 5) is 0. The maximum absolute atomic E-state index is 13.4. The summed E-state index contributed by atoms with van der Waals surface area (Å²) in [5, 5.41) is 3.29. The van der Waals surface area contributed by atoms with Gasteiger partial charge in [0.15, 0.2) is 0 Å². The molecule has 0 amide bonds. The van der Waals surface area contributed by atoms with Crippen LogP contribution in [0.4, 0.5) is 8.78 Å². The smallest absolute Gasteiger partial charge is 0.123 e. The van der Waals surface area contributed by atoms with E-state index in [1.807, 2.05) is 13.0 Å². The average molecular weight is 354 g/mol. The van der Waals surface area contributed by atoms with Gasteiger partial charge in [-0.2, -0.15) is 0 Å². The summed E-state index contributed by atoms with van der Waals surface area (Å²) in [6, 6.07) is 11.3. The molecule has 2 aromatic rings. The molecular weight excluding hydrogens is 336 g/mol. The van der Waals surface area contributed by atoms with Gasteiger partial charge in [-0.25, -0.2) is 8.78 Å². The number of halogens is 3. The van der Waals surface area contributed by atoms with Crippen LogP contribution in [0, 0.1) is 11.6 Å². The van der Waals surface area contributed by atoms with Crippen LogP contribution in [-0.4, -0.2) is 13.1 Å². The first-order valence-corrected chi connectivity index (χ1v) is 7.79. The van der Waals surface area contributed by atoms with E-state index >= 15 is 0 Å². The summed E-state index contributed by atoms with van der Waals surface area (Å²) in [7, 11) is 0. The third-order valence-electron chi connectivity index (χ3n) is 3.43. The molecular formula is C17H18BrF2N. The van der Waals surface area contributed by atoms with E-state index < -0.39 is 0 Å². The van der Waals surface area contributed by atoms with E-state index in [-0.39, 0.29) is 17.6 Å². The molecule has 0 aliphatic heterocycles. The summed E-state index contributed by atoms with van der Waals surface area (Å²) < 4.78 is 27.7. The molecule has 1 unspecified atom stereocenters. The molecule has 0 bridgehead atoms. The predicted molar refractivity (Wildman–Crippen MR) is 85.5 cm³/mol. The van der Waals surface area contributed by atoms with E-state index in [2.05, 4.69) is 21.2 Å². The largest absolute Gasteiger partial charge is 0.316 e. The summed E-state index contributed by atoms with van der Waals surface area (Å²) in [6.45, 7) is 3.60. The number of hydrogen-bond donors (Lipinski definition) is 1. The topological polar surface area (TPSA) is 12.0 Å². The molecule has 0 spiro atoms. The lowest BCUT2D eigenvalue weighted by atomic mass is 9.91. The molecule has 0 heterocycles. The molecule has 2 rings (SSSR count). The molecule has 0 aromatic heterocycles. The normalized spacial score (nSPS) is 12.4. The second kappa shape index (κ2) is 7.66. The van der Waals surface area contributed by atoms with Gasteiger partial charge >= 0.3 is 0 Å². The van der Waals surface area contributed by atoms with Gasteiger partial charge in [-0.15, -0.1) is 0 Å². The molecule has 0 aliphatic rings. The maximum atomic E-state index is 13.4. The first kappa shape index (κ1) is 16.1. The monoisotopic (exact) mass is 353 g/mol. The minimum atomic E-state index is -0.255. The van der Waals surface area contributed by atoms with Crippen LogP contribution in [0.5, 0.6) is 0 Å². The Hall–Kier alpha value is -1.26. The molecule has 0 saturated heterocycles. The minimum Gasteiger partial charge on any atom is -0.316 e. The van der Waals surface area contributed by atoms with Gasteiger partial charge < -0.3 is 5.32 Å². The second-order valence-electron chi connectivity index (χ2n) is 5.00. The summed E-state index contributed by atoms with van der Waals surface area (Å²) in [6.07, 6.45) is 0.648. The number of likely N-dealkylation sites (N-methyl/N-ethyl adjacent to an activating group) is 1. The van der Waals surface area contributed by atoms with Crippen molar-refractivity contribution in [2.75, 3.05) is 13.1 Å². The van der Waals surface area contributed by atoms with E-state index in [9.17, 15) is 8.78 Å². The molecule has 2 aromatic carbocycles. The molecule has 1 atom stereocenters. The van der Waals surface area contributed by atoms with Crippen LogP contribution in [0.1, 0.15) is 24.0 Å². The lowest BCUT2D eigenvalue weighted by Gasteiger charge is -2.19. The Morgan fingerprint density at radius 1 is 1.10 bits per heavy atom. The van der Waals surface area contributed by atoms with Crippen LogP contribution in [0.3, 0.4) is 0 Å². The highest BCUT2D eigenvalue weighted by Gasteiger charge is 2.15. The van der Waals surface area contributed by atoms with Gasteiger partial charge in [-0.3, -0.25) is 0 Å². The molecule has 112 valence electrons. The quantitative estimate of drug-likeness (QED) is 0.795.